The third-order valence-corrected chi connectivity index (χ3v) is 4.30. The first-order valence-corrected chi connectivity index (χ1v) is 8.58. The summed E-state index contributed by atoms with van der Waals surface area (Å²) < 4.78 is 5.40. The Morgan fingerprint density at radius 2 is 1.83 bits per heavy atom. The van der Waals surface area contributed by atoms with Crippen molar-refractivity contribution < 1.29 is 9.53 Å². The lowest BCUT2D eigenvalue weighted by atomic mass is 9.86. The fourth-order valence-electron chi connectivity index (χ4n) is 3.04. The highest BCUT2D eigenvalue weighted by Crippen LogP contribution is 2.29. The molecule has 4 nitrogen and oxygen atoms in total. The molecule has 132 valence electrons. The molecule has 1 aromatic carbocycles. The number of ether oxygens (including phenoxy) is 1. The van der Waals surface area contributed by atoms with Crippen LogP contribution in [-0.4, -0.2) is 42.8 Å². The van der Waals surface area contributed by atoms with Gasteiger partial charge in [-0.25, -0.2) is 4.79 Å². The van der Waals surface area contributed by atoms with Gasteiger partial charge in [-0.05, 0) is 65.8 Å². The molecule has 1 aliphatic carbocycles. The van der Waals surface area contributed by atoms with Gasteiger partial charge in [0.15, 0.2) is 0 Å². The van der Waals surface area contributed by atoms with E-state index in [0.29, 0.717) is 0 Å². The first-order valence-electron chi connectivity index (χ1n) is 8.58. The molecule has 0 aliphatic heterocycles. The molecule has 0 spiro atoms. The van der Waals surface area contributed by atoms with E-state index in [1.54, 1.807) is 0 Å². The molecule has 0 heterocycles. The van der Waals surface area contributed by atoms with E-state index in [2.05, 4.69) is 61.6 Å². The normalized spacial score (nSPS) is 21.4. The maximum absolute atomic E-state index is 12.1. The summed E-state index contributed by atoms with van der Waals surface area (Å²) in [6.07, 6.45) is 3.63. The molecule has 2 atom stereocenters. The number of carbonyl (C=O) groups excluding carboxylic acids is 1. The van der Waals surface area contributed by atoms with Gasteiger partial charge in [-0.2, -0.15) is 0 Å². The first-order chi connectivity index (χ1) is 11.2. The monoisotopic (exact) mass is 330 g/mol. The zero-order valence-corrected chi connectivity index (χ0v) is 15.7. The number of hydrogen-bond donors (Lipinski definition) is 1. The second-order valence-corrected chi connectivity index (χ2v) is 7.82. The van der Waals surface area contributed by atoms with Gasteiger partial charge in [-0.15, -0.1) is 0 Å². The fraction of sp³-hybridized carbons (Fsp3) is 0.550. The lowest BCUT2D eigenvalue weighted by Crippen LogP contribution is -2.51. The highest BCUT2D eigenvalue weighted by Gasteiger charge is 2.30. The van der Waals surface area contributed by atoms with Crippen molar-refractivity contribution in [2.45, 2.75) is 58.2 Å². The van der Waals surface area contributed by atoms with Crippen molar-refractivity contribution >= 4 is 11.7 Å². The van der Waals surface area contributed by atoms with E-state index >= 15 is 0 Å². The van der Waals surface area contributed by atoms with Gasteiger partial charge in [0.2, 0.25) is 0 Å². The summed E-state index contributed by atoms with van der Waals surface area (Å²) in [5.74, 6) is 0. The Morgan fingerprint density at radius 3 is 2.38 bits per heavy atom. The number of carbonyl (C=O) groups is 1. The number of benzene rings is 1. The number of aryl methyl sites for hydroxylation is 1. The second-order valence-electron chi connectivity index (χ2n) is 7.82. The molecule has 0 saturated carbocycles. The van der Waals surface area contributed by atoms with E-state index in [4.69, 9.17) is 4.74 Å². The van der Waals surface area contributed by atoms with Crippen molar-refractivity contribution in [2.75, 3.05) is 14.1 Å². The van der Waals surface area contributed by atoms with Gasteiger partial charge in [0.25, 0.3) is 0 Å². The van der Waals surface area contributed by atoms with Crippen LogP contribution in [0.5, 0.6) is 0 Å². The van der Waals surface area contributed by atoms with Gasteiger partial charge < -0.3 is 15.0 Å². The summed E-state index contributed by atoms with van der Waals surface area (Å²) in [6, 6.07) is 8.95. The van der Waals surface area contributed by atoms with Crippen LogP contribution in [0.3, 0.4) is 0 Å². The maximum atomic E-state index is 12.1. The molecular formula is C20H30N2O2. The number of likely N-dealkylation sites (N-methyl/N-ethyl adjacent to an activating group) is 1. The molecular weight excluding hydrogens is 300 g/mol. The molecule has 0 radical (unpaired) electrons. The van der Waals surface area contributed by atoms with E-state index < -0.39 is 5.60 Å². The Balaban J connectivity index is 2.11. The lowest BCUT2D eigenvalue weighted by molar-refractivity contribution is 0.0474. The smallest absolute Gasteiger partial charge is 0.407 e. The number of nitrogens with one attached hydrogen (secondary N) is 1. The van der Waals surface area contributed by atoms with Crippen LogP contribution in [0.1, 0.15) is 44.7 Å². The van der Waals surface area contributed by atoms with Crippen molar-refractivity contribution in [3.8, 4) is 0 Å². The molecule has 2 rings (SSSR count). The lowest BCUT2D eigenvalue weighted by Gasteiger charge is -2.36. The summed E-state index contributed by atoms with van der Waals surface area (Å²) in [6.45, 7) is 7.74. The highest BCUT2D eigenvalue weighted by molar-refractivity contribution is 5.70. The Bertz CT molecular complexity index is 597. The molecule has 1 N–H and O–H groups in total. The van der Waals surface area contributed by atoms with Crippen LogP contribution < -0.4 is 5.32 Å². The Kier molecular flexibility index (Phi) is 5.70. The summed E-state index contributed by atoms with van der Waals surface area (Å²) in [7, 11) is 4.12. The van der Waals surface area contributed by atoms with E-state index in [-0.39, 0.29) is 18.2 Å². The Hall–Kier alpha value is -1.81. The van der Waals surface area contributed by atoms with Crippen LogP contribution in [0, 0.1) is 6.92 Å². The molecule has 1 aromatic rings. The van der Waals surface area contributed by atoms with Crippen LogP contribution in [0.4, 0.5) is 4.79 Å². The highest BCUT2D eigenvalue weighted by atomic mass is 16.6. The number of alkyl carbamates (subject to hydrolysis) is 1. The Labute approximate surface area is 145 Å². The van der Waals surface area contributed by atoms with Gasteiger partial charge >= 0.3 is 6.09 Å². The van der Waals surface area contributed by atoms with Crippen molar-refractivity contribution in [2.24, 2.45) is 0 Å². The van der Waals surface area contributed by atoms with Crippen molar-refractivity contribution in [3.05, 3.63) is 41.5 Å². The maximum Gasteiger partial charge on any atom is 0.407 e. The number of rotatable bonds is 3. The topological polar surface area (TPSA) is 41.6 Å². The molecule has 24 heavy (non-hydrogen) atoms. The first kappa shape index (κ1) is 18.5. The van der Waals surface area contributed by atoms with Crippen LogP contribution in [0.2, 0.25) is 0 Å². The molecule has 1 amide bonds. The van der Waals surface area contributed by atoms with Crippen molar-refractivity contribution in [1.82, 2.24) is 10.2 Å². The third-order valence-electron chi connectivity index (χ3n) is 4.30. The average molecular weight is 330 g/mol. The predicted molar refractivity (Wildman–Crippen MR) is 99.0 cm³/mol. The van der Waals surface area contributed by atoms with Gasteiger partial charge in [0, 0.05) is 6.04 Å². The van der Waals surface area contributed by atoms with Gasteiger partial charge in [-0.3, -0.25) is 0 Å². The van der Waals surface area contributed by atoms with E-state index in [9.17, 15) is 4.79 Å². The van der Waals surface area contributed by atoms with Gasteiger partial charge in [0.05, 0.1) is 6.04 Å². The quantitative estimate of drug-likeness (QED) is 0.911. The largest absolute Gasteiger partial charge is 0.444 e. The van der Waals surface area contributed by atoms with Crippen LogP contribution in [0.25, 0.3) is 5.57 Å². The van der Waals surface area contributed by atoms with E-state index in [1.165, 1.54) is 16.7 Å². The third kappa shape index (κ3) is 5.10. The van der Waals surface area contributed by atoms with Crippen LogP contribution in [-0.2, 0) is 4.74 Å². The minimum Gasteiger partial charge on any atom is -0.444 e. The van der Waals surface area contributed by atoms with Crippen molar-refractivity contribution in [1.29, 1.82) is 0 Å². The standard InChI is InChI=1S/C20H30N2O2/c1-14-7-9-15(10-8-14)16-11-12-17(18(13-16)22(5)6)21-19(23)24-20(2,3)4/h7-11,17-18H,12-13H2,1-6H3,(H,21,23)/t17?,18-/m0/s1. The minimum atomic E-state index is -0.477. The fourth-order valence-corrected chi connectivity index (χ4v) is 3.04. The second kappa shape index (κ2) is 7.39. The molecule has 0 fully saturated rings. The minimum absolute atomic E-state index is 0.0593. The van der Waals surface area contributed by atoms with Crippen LogP contribution >= 0.6 is 0 Å². The predicted octanol–water partition coefficient (Wildman–Crippen LogP) is 4.00. The van der Waals surface area contributed by atoms with E-state index in [1.807, 2.05) is 20.8 Å². The Morgan fingerprint density at radius 1 is 1.21 bits per heavy atom. The molecule has 0 aromatic heterocycles. The number of hydrogen-bond acceptors (Lipinski definition) is 3. The molecule has 4 heteroatoms. The zero-order valence-electron chi connectivity index (χ0n) is 15.7. The number of amides is 1. The number of nitrogens with zero attached hydrogens (tertiary/aromatic N) is 1. The van der Waals surface area contributed by atoms with Gasteiger partial charge in [0.1, 0.15) is 5.60 Å². The molecule has 0 saturated heterocycles. The summed E-state index contributed by atoms with van der Waals surface area (Å²) in [5.41, 5.74) is 3.40. The molecule has 1 aliphatic rings. The average Bonchev–Trinajstić information content (AvgIpc) is 2.46. The van der Waals surface area contributed by atoms with E-state index in [0.717, 1.165) is 12.8 Å². The van der Waals surface area contributed by atoms with Crippen molar-refractivity contribution in [3.63, 3.8) is 0 Å². The van der Waals surface area contributed by atoms with Crippen LogP contribution in [0.15, 0.2) is 30.3 Å². The van der Waals surface area contributed by atoms with Gasteiger partial charge in [-0.1, -0.05) is 35.9 Å². The SMILES string of the molecule is Cc1ccc(C2=CCC(NC(=O)OC(C)(C)C)[C@@H](N(C)C)C2)cc1. The summed E-state index contributed by atoms with van der Waals surface area (Å²) in [5, 5.41) is 3.04. The summed E-state index contributed by atoms with van der Waals surface area (Å²) in [4.78, 5) is 14.3. The molecule has 0 bridgehead atoms. The molecule has 1 unspecified atom stereocenters. The summed E-state index contributed by atoms with van der Waals surface area (Å²) >= 11 is 0. The zero-order chi connectivity index (χ0) is 17.9.